The fraction of sp³-hybridized carbons (Fsp3) is 0.882. The largest absolute Gasteiger partial charge is 0.499 e. The van der Waals surface area contributed by atoms with Crippen LogP contribution in [0.25, 0.3) is 0 Å². The molecule has 0 bridgehead atoms. The predicted molar refractivity (Wildman–Crippen MR) is 81.8 cm³/mol. The zero-order valence-electron chi connectivity index (χ0n) is 12.8. The molecule has 18 heavy (non-hydrogen) atoms. The lowest BCUT2D eigenvalue weighted by molar-refractivity contribution is 0.122. The van der Waals surface area contributed by atoms with E-state index in [0.29, 0.717) is 6.10 Å². The van der Waals surface area contributed by atoms with Gasteiger partial charge in [0.15, 0.2) is 0 Å². The van der Waals surface area contributed by atoms with Crippen LogP contribution in [-0.2, 0) is 4.74 Å². The molecule has 0 radical (unpaired) electrons. The maximum Gasteiger partial charge on any atom is 0.0978 e. The van der Waals surface area contributed by atoms with Crippen LogP contribution < -0.4 is 0 Å². The van der Waals surface area contributed by atoms with Crippen molar-refractivity contribution in [2.75, 3.05) is 0 Å². The van der Waals surface area contributed by atoms with Crippen LogP contribution >= 0.6 is 0 Å². The molecular formula is C17H34O. The second-order valence-electron chi connectivity index (χ2n) is 5.33. The summed E-state index contributed by atoms with van der Waals surface area (Å²) in [4.78, 5) is 0. The lowest BCUT2D eigenvalue weighted by atomic mass is 10.0. The molecule has 0 aromatic rings. The van der Waals surface area contributed by atoms with Crippen LogP contribution in [0.1, 0.15) is 90.9 Å². The highest BCUT2D eigenvalue weighted by Crippen LogP contribution is 2.15. The summed E-state index contributed by atoms with van der Waals surface area (Å²) in [7, 11) is 0. The standard InChI is InChI=1S/C17H34O/c1-4-7-9-10-11-12-13-14-16-17(18-6-3)15-8-5-2/h6,17H,3-5,7-16H2,1-2H3. The summed E-state index contributed by atoms with van der Waals surface area (Å²) in [5.41, 5.74) is 0. The van der Waals surface area contributed by atoms with Gasteiger partial charge < -0.3 is 4.74 Å². The molecule has 1 heteroatoms. The van der Waals surface area contributed by atoms with E-state index in [4.69, 9.17) is 4.74 Å². The lowest BCUT2D eigenvalue weighted by Crippen LogP contribution is -2.09. The zero-order valence-corrected chi connectivity index (χ0v) is 12.8. The minimum atomic E-state index is 0.419. The fourth-order valence-corrected chi connectivity index (χ4v) is 2.35. The van der Waals surface area contributed by atoms with Crippen molar-refractivity contribution in [1.29, 1.82) is 0 Å². The minimum absolute atomic E-state index is 0.419. The van der Waals surface area contributed by atoms with E-state index >= 15 is 0 Å². The van der Waals surface area contributed by atoms with Gasteiger partial charge in [-0.05, 0) is 19.3 Å². The molecule has 1 atom stereocenters. The van der Waals surface area contributed by atoms with Gasteiger partial charge in [-0.15, -0.1) is 0 Å². The molecule has 0 N–H and O–H groups in total. The number of ether oxygens (including phenoxy) is 1. The monoisotopic (exact) mass is 254 g/mol. The molecule has 0 aromatic carbocycles. The van der Waals surface area contributed by atoms with Gasteiger partial charge in [0, 0.05) is 0 Å². The zero-order chi connectivity index (χ0) is 13.5. The van der Waals surface area contributed by atoms with Crippen LogP contribution in [0.15, 0.2) is 12.8 Å². The Labute approximate surface area is 115 Å². The molecule has 0 rings (SSSR count). The van der Waals surface area contributed by atoms with Crippen molar-refractivity contribution in [2.45, 2.75) is 97.0 Å². The van der Waals surface area contributed by atoms with E-state index in [9.17, 15) is 0 Å². The van der Waals surface area contributed by atoms with Gasteiger partial charge in [0.05, 0.1) is 12.4 Å². The van der Waals surface area contributed by atoms with Crippen LogP contribution in [0.2, 0.25) is 0 Å². The molecule has 0 amide bonds. The molecule has 1 unspecified atom stereocenters. The minimum Gasteiger partial charge on any atom is -0.499 e. The number of rotatable bonds is 14. The average molecular weight is 254 g/mol. The van der Waals surface area contributed by atoms with Gasteiger partial charge in [-0.25, -0.2) is 0 Å². The van der Waals surface area contributed by atoms with E-state index < -0.39 is 0 Å². The van der Waals surface area contributed by atoms with Crippen molar-refractivity contribution in [3.05, 3.63) is 12.8 Å². The normalized spacial score (nSPS) is 12.3. The first-order chi connectivity index (χ1) is 8.85. The Kier molecular flexibility index (Phi) is 14.2. The maximum atomic E-state index is 5.57. The first-order valence-electron chi connectivity index (χ1n) is 8.11. The van der Waals surface area contributed by atoms with Crippen molar-refractivity contribution in [3.63, 3.8) is 0 Å². The maximum absolute atomic E-state index is 5.57. The SMILES string of the molecule is C=COC(CCCC)CCCCCCCCCC. The highest BCUT2D eigenvalue weighted by molar-refractivity contribution is 4.63. The number of hydrogen-bond donors (Lipinski definition) is 0. The van der Waals surface area contributed by atoms with E-state index in [1.807, 2.05) is 0 Å². The van der Waals surface area contributed by atoms with Crippen LogP contribution in [0.5, 0.6) is 0 Å². The predicted octanol–water partition coefficient (Wildman–Crippen LogP) is 6.24. The molecule has 0 saturated heterocycles. The van der Waals surface area contributed by atoms with Crippen molar-refractivity contribution < 1.29 is 4.74 Å². The van der Waals surface area contributed by atoms with Gasteiger partial charge in [-0.2, -0.15) is 0 Å². The average Bonchev–Trinajstić information content (AvgIpc) is 2.39. The number of hydrogen-bond acceptors (Lipinski definition) is 1. The molecule has 0 aliphatic heterocycles. The second-order valence-corrected chi connectivity index (χ2v) is 5.33. The third kappa shape index (κ3) is 12.0. The molecule has 0 saturated carbocycles. The quantitative estimate of drug-likeness (QED) is 0.263. The molecule has 0 aromatic heterocycles. The van der Waals surface area contributed by atoms with Crippen molar-refractivity contribution in [3.8, 4) is 0 Å². The first-order valence-corrected chi connectivity index (χ1v) is 8.11. The van der Waals surface area contributed by atoms with Crippen LogP contribution in [0.3, 0.4) is 0 Å². The Hall–Kier alpha value is -0.460. The van der Waals surface area contributed by atoms with Crippen LogP contribution in [0.4, 0.5) is 0 Å². The van der Waals surface area contributed by atoms with E-state index in [1.165, 1.54) is 77.0 Å². The summed E-state index contributed by atoms with van der Waals surface area (Å²) in [6, 6.07) is 0. The molecule has 0 aliphatic rings. The van der Waals surface area contributed by atoms with E-state index in [2.05, 4.69) is 20.4 Å². The summed E-state index contributed by atoms with van der Waals surface area (Å²) >= 11 is 0. The van der Waals surface area contributed by atoms with E-state index in [-0.39, 0.29) is 0 Å². The van der Waals surface area contributed by atoms with Crippen molar-refractivity contribution in [2.24, 2.45) is 0 Å². The van der Waals surface area contributed by atoms with Gasteiger partial charge in [-0.3, -0.25) is 0 Å². The Bertz CT molecular complexity index is 165. The van der Waals surface area contributed by atoms with Crippen LogP contribution in [0, 0.1) is 0 Å². The molecule has 0 heterocycles. The third-order valence-electron chi connectivity index (χ3n) is 3.55. The number of unbranched alkanes of at least 4 members (excludes halogenated alkanes) is 8. The molecule has 108 valence electrons. The van der Waals surface area contributed by atoms with Crippen molar-refractivity contribution >= 4 is 0 Å². The highest BCUT2D eigenvalue weighted by Gasteiger charge is 2.06. The second kappa shape index (κ2) is 14.6. The molecule has 0 spiro atoms. The smallest absolute Gasteiger partial charge is 0.0978 e. The molecule has 0 aliphatic carbocycles. The van der Waals surface area contributed by atoms with E-state index in [1.54, 1.807) is 6.26 Å². The van der Waals surface area contributed by atoms with Crippen molar-refractivity contribution in [1.82, 2.24) is 0 Å². The Morgan fingerprint density at radius 3 is 1.83 bits per heavy atom. The summed E-state index contributed by atoms with van der Waals surface area (Å²) < 4.78 is 5.57. The Balaban J connectivity index is 3.34. The fourth-order valence-electron chi connectivity index (χ4n) is 2.35. The van der Waals surface area contributed by atoms with Gasteiger partial charge in [0.1, 0.15) is 0 Å². The van der Waals surface area contributed by atoms with Crippen LogP contribution in [-0.4, -0.2) is 6.10 Å². The summed E-state index contributed by atoms with van der Waals surface area (Å²) in [6.45, 7) is 8.18. The molecular weight excluding hydrogens is 220 g/mol. The van der Waals surface area contributed by atoms with Gasteiger partial charge in [0.2, 0.25) is 0 Å². The van der Waals surface area contributed by atoms with Gasteiger partial charge in [-0.1, -0.05) is 78.2 Å². The Morgan fingerprint density at radius 2 is 1.28 bits per heavy atom. The van der Waals surface area contributed by atoms with E-state index in [0.717, 1.165) is 0 Å². The highest BCUT2D eigenvalue weighted by atomic mass is 16.5. The van der Waals surface area contributed by atoms with Gasteiger partial charge in [0.25, 0.3) is 0 Å². The lowest BCUT2D eigenvalue weighted by Gasteiger charge is -2.15. The first kappa shape index (κ1) is 17.5. The summed E-state index contributed by atoms with van der Waals surface area (Å²) in [5, 5.41) is 0. The third-order valence-corrected chi connectivity index (χ3v) is 3.55. The summed E-state index contributed by atoms with van der Waals surface area (Å²) in [5.74, 6) is 0. The summed E-state index contributed by atoms with van der Waals surface area (Å²) in [6.07, 6.45) is 18.1. The van der Waals surface area contributed by atoms with Gasteiger partial charge >= 0.3 is 0 Å². The molecule has 0 fully saturated rings. The molecule has 1 nitrogen and oxygen atoms in total. The Morgan fingerprint density at radius 1 is 0.778 bits per heavy atom. The topological polar surface area (TPSA) is 9.23 Å².